The van der Waals surface area contributed by atoms with Gasteiger partial charge in [-0.2, -0.15) is 5.10 Å². The second-order valence-electron chi connectivity index (χ2n) is 7.32. The van der Waals surface area contributed by atoms with Crippen molar-refractivity contribution in [3.05, 3.63) is 54.5 Å². The molecule has 0 atom stereocenters. The molecule has 1 aromatic carbocycles. The molecule has 4 rings (SSSR count). The van der Waals surface area contributed by atoms with Gasteiger partial charge in [0.05, 0.1) is 17.4 Å². The van der Waals surface area contributed by atoms with Crippen LogP contribution in [0.15, 0.2) is 53.9 Å². The number of hydrogen-bond donors (Lipinski definition) is 1. The highest BCUT2D eigenvalue weighted by Gasteiger charge is 2.27. The number of fused-ring (bicyclic) bond motifs is 1. The van der Waals surface area contributed by atoms with Crippen LogP contribution in [0.4, 0.5) is 5.69 Å². The molecule has 1 fully saturated rings. The number of para-hydroxylation sites is 1. The topological polar surface area (TPSA) is 78.7 Å². The summed E-state index contributed by atoms with van der Waals surface area (Å²) in [5.41, 5.74) is 3.05. The maximum atomic E-state index is 12.7. The maximum absolute atomic E-state index is 12.7. The Kier molecular flexibility index (Phi) is 5.92. The quantitative estimate of drug-likeness (QED) is 0.518. The lowest BCUT2D eigenvalue weighted by Crippen LogP contribution is -2.55. The highest BCUT2D eigenvalue weighted by molar-refractivity contribution is 5.98. The van der Waals surface area contributed by atoms with E-state index in [9.17, 15) is 4.79 Å². The number of aliphatic imine (C=N–C) groups is 1. The van der Waals surface area contributed by atoms with Crippen molar-refractivity contribution >= 4 is 28.5 Å². The SMILES string of the molecule is CCNC(=NCCc1cccc2cccnc12)N1CCN(c2cnn(C)c2)C(=O)C1. The van der Waals surface area contributed by atoms with Crippen molar-refractivity contribution in [2.75, 3.05) is 37.6 Å². The summed E-state index contributed by atoms with van der Waals surface area (Å²) in [6.07, 6.45) is 6.22. The lowest BCUT2D eigenvalue weighted by molar-refractivity contribution is -0.120. The molecule has 2 aromatic heterocycles. The van der Waals surface area contributed by atoms with Crippen LogP contribution in [0.3, 0.4) is 0 Å². The molecule has 156 valence electrons. The average Bonchev–Trinajstić information content (AvgIpc) is 3.19. The fraction of sp³-hybridized carbons (Fsp3) is 0.364. The number of carbonyl (C=O) groups excluding carboxylic acids is 1. The van der Waals surface area contributed by atoms with Crippen LogP contribution in [0.25, 0.3) is 10.9 Å². The summed E-state index contributed by atoms with van der Waals surface area (Å²) in [4.78, 5) is 25.8. The number of benzene rings is 1. The van der Waals surface area contributed by atoms with Gasteiger partial charge in [-0.25, -0.2) is 0 Å². The number of hydrogen-bond acceptors (Lipinski definition) is 4. The molecule has 0 unspecified atom stereocenters. The molecule has 3 heterocycles. The van der Waals surface area contributed by atoms with E-state index in [0.717, 1.165) is 42.1 Å². The summed E-state index contributed by atoms with van der Waals surface area (Å²) in [6.45, 7) is 5.07. The van der Waals surface area contributed by atoms with E-state index < -0.39 is 0 Å². The molecule has 0 radical (unpaired) electrons. The summed E-state index contributed by atoms with van der Waals surface area (Å²) >= 11 is 0. The minimum Gasteiger partial charge on any atom is -0.357 e. The zero-order valence-corrected chi connectivity index (χ0v) is 17.5. The van der Waals surface area contributed by atoms with E-state index in [1.54, 1.807) is 15.8 Å². The van der Waals surface area contributed by atoms with Gasteiger partial charge in [0.2, 0.25) is 5.91 Å². The molecule has 30 heavy (non-hydrogen) atoms. The second-order valence-corrected chi connectivity index (χ2v) is 7.32. The van der Waals surface area contributed by atoms with Crippen molar-refractivity contribution in [3.63, 3.8) is 0 Å². The lowest BCUT2D eigenvalue weighted by atomic mass is 10.1. The van der Waals surface area contributed by atoms with Crippen LogP contribution in [0, 0.1) is 0 Å². The summed E-state index contributed by atoms with van der Waals surface area (Å²) in [5, 5.41) is 8.64. The fourth-order valence-electron chi connectivity index (χ4n) is 3.75. The summed E-state index contributed by atoms with van der Waals surface area (Å²) in [7, 11) is 1.85. The highest BCUT2D eigenvalue weighted by atomic mass is 16.2. The van der Waals surface area contributed by atoms with Crippen LogP contribution in [0.2, 0.25) is 0 Å². The number of amides is 1. The minimum absolute atomic E-state index is 0.0538. The number of nitrogens with one attached hydrogen (secondary N) is 1. The molecule has 1 saturated heterocycles. The Balaban J connectivity index is 1.43. The number of aryl methyl sites for hydroxylation is 1. The number of pyridine rings is 1. The summed E-state index contributed by atoms with van der Waals surface area (Å²) in [5.74, 6) is 0.836. The molecule has 1 aliphatic rings. The first kappa shape index (κ1) is 19.9. The van der Waals surface area contributed by atoms with Crippen LogP contribution >= 0.6 is 0 Å². The molecule has 1 amide bonds. The predicted octanol–water partition coefficient (Wildman–Crippen LogP) is 1.83. The van der Waals surface area contributed by atoms with E-state index in [4.69, 9.17) is 4.99 Å². The molecule has 8 heteroatoms. The average molecular weight is 406 g/mol. The molecule has 0 bridgehead atoms. The van der Waals surface area contributed by atoms with Crippen molar-refractivity contribution < 1.29 is 4.79 Å². The molecule has 1 N–H and O–H groups in total. The first-order valence-electron chi connectivity index (χ1n) is 10.3. The number of nitrogens with zero attached hydrogens (tertiary/aromatic N) is 6. The molecule has 3 aromatic rings. The minimum atomic E-state index is 0.0538. The van der Waals surface area contributed by atoms with Crippen LogP contribution in [0.1, 0.15) is 12.5 Å². The van der Waals surface area contributed by atoms with E-state index in [1.807, 2.05) is 37.3 Å². The third kappa shape index (κ3) is 4.27. The molecule has 0 aliphatic carbocycles. The second kappa shape index (κ2) is 8.94. The highest BCUT2D eigenvalue weighted by Crippen LogP contribution is 2.17. The molecular formula is C22H27N7O. The Hall–Kier alpha value is -3.42. The van der Waals surface area contributed by atoms with Crippen LogP contribution in [-0.2, 0) is 18.3 Å². The summed E-state index contributed by atoms with van der Waals surface area (Å²) < 4.78 is 1.71. The van der Waals surface area contributed by atoms with Gasteiger partial charge in [-0.3, -0.25) is 19.5 Å². The van der Waals surface area contributed by atoms with Gasteiger partial charge in [0, 0.05) is 51.0 Å². The van der Waals surface area contributed by atoms with Gasteiger partial charge in [0.25, 0.3) is 0 Å². The van der Waals surface area contributed by atoms with Gasteiger partial charge in [-0.05, 0) is 25.0 Å². The van der Waals surface area contributed by atoms with Crippen molar-refractivity contribution in [2.24, 2.45) is 12.0 Å². The monoisotopic (exact) mass is 405 g/mol. The third-order valence-corrected chi connectivity index (χ3v) is 5.22. The molecule has 1 aliphatic heterocycles. The number of piperazine rings is 1. The molecule has 0 spiro atoms. The van der Waals surface area contributed by atoms with Gasteiger partial charge < -0.3 is 15.1 Å². The Morgan fingerprint density at radius 3 is 2.87 bits per heavy atom. The fourth-order valence-corrected chi connectivity index (χ4v) is 3.75. The Bertz CT molecular complexity index is 1050. The summed E-state index contributed by atoms with van der Waals surface area (Å²) in [6, 6.07) is 10.3. The van der Waals surface area contributed by atoms with Gasteiger partial charge in [0.15, 0.2) is 5.96 Å². The lowest BCUT2D eigenvalue weighted by Gasteiger charge is -2.35. The number of aromatic nitrogens is 3. The Morgan fingerprint density at radius 1 is 1.23 bits per heavy atom. The first-order valence-corrected chi connectivity index (χ1v) is 10.3. The zero-order valence-electron chi connectivity index (χ0n) is 17.5. The molecule has 0 saturated carbocycles. The normalized spacial score (nSPS) is 15.1. The number of rotatable bonds is 5. The van der Waals surface area contributed by atoms with E-state index in [-0.39, 0.29) is 5.91 Å². The van der Waals surface area contributed by atoms with Crippen LogP contribution in [0.5, 0.6) is 0 Å². The van der Waals surface area contributed by atoms with E-state index in [2.05, 4.69) is 39.7 Å². The number of carbonyl (C=O) groups is 1. The smallest absolute Gasteiger partial charge is 0.246 e. The number of guanidine groups is 1. The first-order chi connectivity index (χ1) is 14.7. The third-order valence-electron chi connectivity index (χ3n) is 5.22. The number of anilines is 1. The Morgan fingerprint density at radius 2 is 2.10 bits per heavy atom. The largest absolute Gasteiger partial charge is 0.357 e. The van der Waals surface area contributed by atoms with E-state index in [1.165, 1.54) is 5.56 Å². The molecule has 8 nitrogen and oxygen atoms in total. The zero-order chi connectivity index (χ0) is 20.9. The molecular weight excluding hydrogens is 378 g/mol. The van der Waals surface area contributed by atoms with Crippen molar-refractivity contribution in [3.8, 4) is 0 Å². The van der Waals surface area contributed by atoms with E-state index >= 15 is 0 Å². The predicted molar refractivity (Wildman–Crippen MR) is 119 cm³/mol. The van der Waals surface area contributed by atoms with Crippen LogP contribution < -0.4 is 10.2 Å². The van der Waals surface area contributed by atoms with Gasteiger partial charge in [0.1, 0.15) is 6.54 Å². The van der Waals surface area contributed by atoms with Gasteiger partial charge >= 0.3 is 0 Å². The standard InChI is InChI=1S/C22H27N7O/c1-3-23-22(25-11-9-18-7-4-6-17-8-5-10-24-21(17)18)28-12-13-29(20(30)16-28)19-14-26-27(2)15-19/h4-8,10,14-15H,3,9,11-13,16H2,1-2H3,(H,23,25). The van der Waals surface area contributed by atoms with Crippen molar-refractivity contribution in [1.82, 2.24) is 25.0 Å². The van der Waals surface area contributed by atoms with E-state index in [0.29, 0.717) is 19.6 Å². The Labute approximate surface area is 176 Å². The maximum Gasteiger partial charge on any atom is 0.246 e. The van der Waals surface area contributed by atoms with Crippen LogP contribution in [-0.4, -0.2) is 64.3 Å². The van der Waals surface area contributed by atoms with Gasteiger partial charge in [-0.1, -0.05) is 24.3 Å². The van der Waals surface area contributed by atoms with Crippen molar-refractivity contribution in [2.45, 2.75) is 13.3 Å². The van der Waals surface area contributed by atoms with Gasteiger partial charge in [-0.15, -0.1) is 0 Å². The van der Waals surface area contributed by atoms with Crippen molar-refractivity contribution in [1.29, 1.82) is 0 Å².